The SMILES string of the molecule is N[C@H](CSC1(c2ccc(C(F)(F)F)cc2)c2ccccc2CCc2ccccc21)C(=O)O. The maximum Gasteiger partial charge on any atom is 0.416 e. The number of aliphatic carboxylic acids is 1. The molecular weight excluding hydrogens is 435 g/mol. The summed E-state index contributed by atoms with van der Waals surface area (Å²) in [6.07, 6.45) is -2.88. The molecule has 0 aliphatic heterocycles. The third-order valence-electron chi connectivity index (χ3n) is 5.87. The van der Waals surface area contributed by atoms with Gasteiger partial charge in [-0.05, 0) is 52.8 Å². The standard InChI is InChI=1S/C25H22F3NO2S/c26-25(27,28)19-13-11-18(12-14-19)24(32-15-22(29)23(30)31)20-7-3-1-5-16(20)9-10-17-6-2-4-8-21(17)24/h1-8,11-14,22H,9-10,15,29H2,(H,30,31)/t22-/m1/s1. The van der Waals surface area contributed by atoms with Gasteiger partial charge in [0.2, 0.25) is 0 Å². The van der Waals surface area contributed by atoms with Crippen LogP contribution in [0, 0.1) is 0 Å². The van der Waals surface area contributed by atoms with E-state index in [-0.39, 0.29) is 5.75 Å². The van der Waals surface area contributed by atoms with Gasteiger partial charge in [0, 0.05) is 5.75 Å². The van der Waals surface area contributed by atoms with Crippen LogP contribution in [0.3, 0.4) is 0 Å². The third-order valence-corrected chi connectivity index (χ3v) is 7.51. The summed E-state index contributed by atoms with van der Waals surface area (Å²) in [5, 5.41) is 9.37. The van der Waals surface area contributed by atoms with Crippen molar-refractivity contribution in [3.8, 4) is 0 Å². The summed E-state index contributed by atoms with van der Waals surface area (Å²) < 4.78 is 38.9. The number of aryl methyl sites for hydroxylation is 2. The number of benzene rings is 3. The van der Waals surface area contributed by atoms with Crippen molar-refractivity contribution >= 4 is 17.7 Å². The van der Waals surface area contributed by atoms with E-state index in [1.54, 1.807) is 0 Å². The van der Waals surface area contributed by atoms with Crippen LogP contribution in [0.5, 0.6) is 0 Å². The van der Waals surface area contributed by atoms with E-state index in [2.05, 4.69) is 0 Å². The number of thioether (sulfide) groups is 1. The van der Waals surface area contributed by atoms with Crippen LogP contribution in [0.25, 0.3) is 0 Å². The fraction of sp³-hybridized carbons (Fsp3) is 0.240. The van der Waals surface area contributed by atoms with Gasteiger partial charge in [-0.1, -0.05) is 60.7 Å². The van der Waals surface area contributed by atoms with Crippen molar-refractivity contribution in [3.05, 3.63) is 106 Å². The Morgan fingerprint density at radius 2 is 1.44 bits per heavy atom. The molecule has 1 atom stereocenters. The second-order valence-electron chi connectivity index (χ2n) is 7.83. The van der Waals surface area contributed by atoms with Crippen molar-refractivity contribution < 1.29 is 23.1 Å². The maximum absolute atomic E-state index is 13.3. The lowest BCUT2D eigenvalue weighted by Crippen LogP contribution is -2.36. The van der Waals surface area contributed by atoms with Gasteiger partial charge in [0.05, 0.1) is 10.3 Å². The lowest BCUT2D eigenvalue weighted by Gasteiger charge is -2.37. The van der Waals surface area contributed by atoms with Gasteiger partial charge in [0.1, 0.15) is 6.04 Å². The quantitative estimate of drug-likeness (QED) is 0.550. The summed E-state index contributed by atoms with van der Waals surface area (Å²) in [4.78, 5) is 11.5. The second kappa shape index (κ2) is 8.64. The second-order valence-corrected chi connectivity index (χ2v) is 9.06. The van der Waals surface area contributed by atoms with Crippen molar-refractivity contribution in [2.75, 3.05) is 5.75 Å². The molecule has 32 heavy (non-hydrogen) atoms. The molecule has 0 aromatic heterocycles. The van der Waals surface area contributed by atoms with E-state index < -0.39 is 28.5 Å². The van der Waals surface area contributed by atoms with Gasteiger partial charge in [0.25, 0.3) is 0 Å². The van der Waals surface area contributed by atoms with Crippen LogP contribution < -0.4 is 5.73 Å². The summed E-state index contributed by atoms with van der Waals surface area (Å²) in [5.41, 5.74) is 9.87. The molecule has 3 aromatic rings. The Kier molecular flexibility index (Phi) is 6.05. The van der Waals surface area contributed by atoms with E-state index in [4.69, 9.17) is 5.73 Å². The molecule has 3 N–H and O–H groups in total. The summed E-state index contributed by atoms with van der Waals surface area (Å²) >= 11 is 1.36. The van der Waals surface area contributed by atoms with E-state index in [0.29, 0.717) is 5.56 Å². The van der Waals surface area contributed by atoms with Gasteiger partial charge in [-0.3, -0.25) is 4.79 Å². The molecule has 0 amide bonds. The molecule has 0 radical (unpaired) electrons. The Bertz CT molecular complexity index is 1080. The van der Waals surface area contributed by atoms with E-state index in [1.807, 2.05) is 48.5 Å². The normalized spacial score (nSPS) is 15.9. The highest BCUT2D eigenvalue weighted by Gasteiger charge is 2.42. The summed E-state index contributed by atoms with van der Waals surface area (Å²) in [6, 6.07) is 19.8. The number of halogens is 3. The number of rotatable bonds is 5. The molecule has 7 heteroatoms. The smallest absolute Gasteiger partial charge is 0.416 e. The molecule has 1 aliphatic rings. The predicted octanol–water partition coefficient (Wildman–Crippen LogP) is 5.24. The molecule has 0 fully saturated rings. The number of nitrogens with two attached hydrogens (primary N) is 1. The minimum absolute atomic E-state index is 0.0963. The Balaban J connectivity index is 1.98. The Morgan fingerprint density at radius 1 is 0.938 bits per heavy atom. The highest BCUT2D eigenvalue weighted by atomic mass is 32.2. The largest absolute Gasteiger partial charge is 0.480 e. The van der Waals surface area contributed by atoms with Crippen LogP contribution in [0.4, 0.5) is 13.2 Å². The first-order valence-electron chi connectivity index (χ1n) is 10.2. The number of hydrogen-bond donors (Lipinski definition) is 2. The molecule has 0 unspecified atom stereocenters. The number of hydrogen-bond acceptors (Lipinski definition) is 3. The van der Waals surface area contributed by atoms with Crippen molar-refractivity contribution in [2.24, 2.45) is 5.73 Å². The zero-order valence-corrected chi connectivity index (χ0v) is 17.9. The lowest BCUT2D eigenvalue weighted by molar-refractivity contribution is -0.138. The molecule has 3 nitrogen and oxygen atoms in total. The topological polar surface area (TPSA) is 63.3 Å². The first-order valence-corrected chi connectivity index (χ1v) is 11.2. The van der Waals surface area contributed by atoms with Crippen molar-refractivity contribution in [1.29, 1.82) is 0 Å². The molecule has 0 bridgehead atoms. The molecule has 166 valence electrons. The van der Waals surface area contributed by atoms with Gasteiger partial charge in [-0.2, -0.15) is 13.2 Å². The Labute approximate surface area is 188 Å². The van der Waals surface area contributed by atoms with Crippen LogP contribution in [-0.4, -0.2) is 22.9 Å². The van der Waals surface area contributed by atoms with Gasteiger partial charge < -0.3 is 10.8 Å². The Morgan fingerprint density at radius 3 is 1.91 bits per heavy atom. The molecule has 1 aliphatic carbocycles. The first kappa shape index (κ1) is 22.4. The van der Waals surface area contributed by atoms with Crippen LogP contribution >= 0.6 is 11.8 Å². The zero-order valence-electron chi connectivity index (χ0n) is 17.1. The molecule has 0 heterocycles. The number of fused-ring (bicyclic) bond motifs is 2. The van der Waals surface area contributed by atoms with Crippen molar-refractivity contribution in [3.63, 3.8) is 0 Å². The minimum Gasteiger partial charge on any atom is -0.480 e. The summed E-state index contributed by atoms with van der Waals surface area (Å²) in [5.74, 6) is -1.02. The van der Waals surface area contributed by atoms with E-state index >= 15 is 0 Å². The molecule has 4 rings (SSSR count). The Hall–Kier alpha value is -2.77. The maximum atomic E-state index is 13.3. The molecular formula is C25H22F3NO2S. The van der Waals surface area contributed by atoms with Crippen molar-refractivity contribution in [2.45, 2.75) is 29.8 Å². The molecule has 0 saturated carbocycles. The summed E-state index contributed by atoms with van der Waals surface area (Å²) in [7, 11) is 0. The van der Waals surface area contributed by atoms with E-state index in [1.165, 1.54) is 23.9 Å². The third kappa shape index (κ3) is 4.02. The monoisotopic (exact) mass is 457 g/mol. The van der Waals surface area contributed by atoms with E-state index in [0.717, 1.165) is 47.2 Å². The number of alkyl halides is 3. The minimum atomic E-state index is -4.44. The first-order chi connectivity index (χ1) is 15.2. The van der Waals surface area contributed by atoms with Gasteiger partial charge in [-0.25, -0.2) is 0 Å². The summed E-state index contributed by atoms with van der Waals surface area (Å²) in [6.45, 7) is 0. The number of carbonyl (C=O) groups is 1. The zero-order chi connectivity index (χ0) is 22.9. The van der Waals surface area contributed by atoms with E-state index in [9.17, 15) is 23.1 Å². The average Bonchev–Trinajstić information content (AvgIpc) is 2.92. The van der Waals surface area contributed by atoms with Gasteiger partial charge in [0.15, 0.2) is 0 Å². The van der Waals surface area contributed by atoms with Crippen LogP contribution in [0.1, 0.15) is 33.4 Å². The average molecular weight is 458 g/mol. The van der Waals surface area contributed by atoms with Crippen LogP contribution in [0.2, 0.25) is 0 Å². The highest BCUT2D eigenvalue weighted by Crippen LogP contribution is 2.52. The predicted molar refractivity (Wildman–Crippen MR) is 120 cm³/mol. The van der Waals surface area contributed by atoms with Crippen LogP contribution in [-0.2, 0) is 28.6 Å². The lowest BCUT2D eigenvalue weighted by atomic mass is 9.81. The molecule has 0 saturated heterocycles. The fourth-order valence-electron chi connectivity index (χ4n) is 4.31. The fourth-order valence-corrected chi connectivity index (χ4v) is 5.89. The van der Waals surface area contributed by atoms with Crippen LogP contribution in [0.15, 0.2) is 72.8 Å². The van der Waals surface area contributed by atoms with Gasteiger partial charge in [-0.15, -0.1) is 11.8 Å². The van der Waals surface area contributed by atoms with Gasteiger partial charge >= 0.3 is 12.1 Å². The molecule has 3 aromatic carbocycles. The molecule has 0 spiro atoms. The number of carboxylic acid groups (broad SMARTS) is 1. The van der Waals surface area contributed by atoms with Crippen molar-refractivity contribution in [1.82, 2.24) is 0 Å². The number of carboxylic acids is 1. The highest BCUT2D eigenvalue weighted by molar-refractivity contribution is 8.00.